The number of nitrogens with two attached hydrogens (primary N) is 1. The molecule has 0 aromatic carbocycles. The standard InChI is InChI=1S/C15H21N7O3/c1-21-13(23)8-22(15(21)24)11-4-5-12(17-7-11)18-9-2-3-10(6-9)19-14(16)20-25/h4-5,7,9-10,25H,2-3,6,8H2,1H3,(H,17,18)(H3,16,19,20). The fraction of sp³-hybridized carbons (Fsp3) is 0.467. The molecule has 1 aromatic rings. The van der Waals surface area contributed by atoms with Gasteiger partial charge < -0.3 is 11.1 Å². The molecule has 0 radical (unpaired) electrons. The zero-order valence-electron chi connectivity index (χ0n) is 13.8. The lowest BCUT2D eigenvalue weighted by Gasteiger charge is -2.16. The summed E-state index contributed by atoms with van der Waals surface area (Å²) < 4.78 is 0. The van der Waals surface area contributed by atoms with Crippen molar-refractivity contribution in [1.29, 1.82) is 0 Å². The van der Waals surface area contributed by atoms with Crippen LogP contribution in [-0.2, 0) is 4.79 Å². The molecule has 2 fully saturated rings. The summed E-state index contributed by atoms with van der Waals surface area (Å²) in [7, 11) is 1.46. The smallest absolute Gasteiger partial charge is 0.331 e. The lowest BCUT2D eigenvalue weighted by atomic mass is 10.2. The van der Waals surface area contributed by atoms with Crippen molar-refractivity contribution in [3.63, 3.8) is 0 Å². The lowest BCUT2D eigenvalue weighted by Crippen LogP contribution is -2.30. The second kappa shape index (κ2) is 6.93. The highest BCUT2D eigenvalue weighted by Gasteiger charge is 2.34. The number of aliphatic imine (C=N–C) groups is 1. The summed E-state index contributed by atoms with van der Waals surface area (Å²) in [5.41, 5.74) is 7.88. The minimum Gasteiger partial charge on any atom is -0.368 e. The Balaban J connectivity index is 1.59. The largest absolute Gasteiger partial charge is 0.368 e. The molecule has 1 aromatic heterocycles. The van der Waals surface area contributed by atoms with Crippen LogP contribution in [0.25, 0.3) is 0 Å². The predicted molar refractivity (Wildman–Crippen MR) is 91.3 cm³/mol. The molecular formula is C15H21N7O3. The number of pyridine rings is 1. The number of amides is 3. The van der Waals surface area contributed by atoms with Crippen LogP contribution >= 0.6 is 0 Å². The van der Waals surface area contributed by atoms with Gasteiger partial charge in [-0.3, -0.25) is 19.8 Å². The van der Waals surface area contributed by atoms with Crippen LogP contribution in [0.2, 0.25) is 0 Å². The number of rotatable bonds is 4. The average Bonchev–Trinajstić information content (AvgIpc) is 3.15. The second-order valence-corrected chi connectivity index (χ2v) is 6.16. The van der Waals surface area contributed by atoms with Gasteiger partial charge in [-0.2, -0.15) is 0 Å². The Morgan fingerprint density at radius 3 is 2.80 bits per heavy atom. The Hall–Kier alpha value is -2.88. The van der Waals surface area contributed by atoms with Crippen LogP contribution in [0.5, 0.6) is 0 Å². The minimum absolute atomic E-state index is 0.0166. The normalized spacial score (nSPS) is 24.2. The van der Waals surface area contributed by atoms with Crippen molar-refractivity contribution >= 4 is 29.4 Å². The summed E-state index contributed by atoms with van der Waals surface area (Å²) in [6.07, 6.45) is 4.15. The van der Waals surface area contributed by atoms with E-state index in [1.807, 2.05) is 5.48 Å². The van der Waals surface area contributed by atoms with E-state index in [0.717, 1.165) is 24.2 Å². The number of nitrogens with zero attached hydrogens (tertiary/aromatic N) is 4. The van der Waals surface area contributed by atoms with Gasteiger partial charge in [0.15, 0.2) is 0 Å². The molecule has 0 bridgehead atoms. The monoisotopic (exact) mass is 347 g/mol. The highest BCUT2D eigenvalue weighted by atomic mass is 16.5. The number of urea groups is 1. The molecule has 2 heterocycles. The van der Waals surface area contributed by atoms with Gasteiger partial charge in [-0.1, -0.05) is 0 Å². The van der Waals surface area contributed by atoms with E-state index in [2.05, 4.69) is 15.3 Å². The Morgan fingerprint density at radius 1 is 1.40 bits per heavy atom. The van der Waals surface area contributed by atoms with Crippen LogP contribution in [0.1, 0.15) is 19.3 Å². The fourth-order valence-corrected chi connectivity index (χ4v) is 3.07. The molecule has 0 spiro atoms. The highest BCUT2D eigenvalue weighted by molar-refractivity contribution is 6.11. The number of hydroxylamine groups is 1. The van der Waals surface area contributed by atoms with Crippen molar-refractivity contribution < 1.29 is 14.8 Å². The number of imide groups is 1. The summed E-state index contributed by atoms with van der Waals surface area (Å²) in [6.45, 7) is 0.0341. The Labute approximate surface area is 144 Å². The van der Waals surface area contributed by atoms with Crippen LogP contribution in [0, 0.1) is 0 Å². The first-order valence-electron chi connectivity index (χ1n) is 8.02. The van der Waals surface area contributed by atoms with E-state index in [-0.39, 0.29) is 36.5 Å². The number of likely N-dealkylation sites (N-methyl/N-ethyl adjacent to an activating group) is 1. The SMILES string of the molecule is CN1C(=O)CN(c2ccc(NC3CCC(N=C(N)NO)C3)nc2)C1=O. The summed E-state index contributed by atoms with van der Waals surface area (Å²) in [5, 5.41) is 12.0. The first-order valence-corrected chi connectivity index (χ1v) is 8.02. The van der Waals surface area contributed by atoms with E-state index in [4.69, 9.17) is 10.9 Å². The van der Waals surface area contributed by atoms with Crippen LogP contribution in [0.4, 0.5) is 16.3 Å². The van der Waals surface area contributed by atoms with Crippen molar-refractivity contribution in [1.82, 2.24) is 15.4 Å². The van der Waals surface area contributed by atoms with E-state index in [9.17, 15) is 9.59 Å². The summed E-state index contributed by atoms with van der Waals surface area (Å²) in [5.74, 6) is 0.474. The van der Waals surface area contributed by atoms with Crippen LogP contribution in [0.15, 0.2) is 23.3 Å². The Kier molecular flexibility index (Phi) is 4.70. The van der Waals surface area contributed by atoms with Crippen molar-refractivity contribution in [3.8, 4) is 0 Å². The van der Waals surface area contributed by atoms with Crippen molar-refractivity contribution in [2.24, 2.45) is 10.7 Å². The van der Waals surface area contributed by atoms with Gasteiger partial charge in [0.25, 0.3) is 0 Å². The number of aromatic nitrogens is 1. The number of hydrogen-bond acceptors (Lipinski definition) is 6. The molecular weight excluding hydrogens is 326 g/mol. The molecule has 1 saturated heterocycles. The predicted octanol–water partition coefficient (Wildman–Crippen LogP) is 0.107. The topological polar surface area (TPSA) is 136 Å². The maximum absolute atomic E-state index is 12.0. The van der Waals surface area contributed by atoms with E-state index in [1.165, 1.54) is 11.9 Å². The number of carbonyl (C=O) groups excluding carboxylic acids is 2. The van der Waals surface area contributed by atoms with Crippen LogP contribution in [0.3, 0.4) is 0 Å². The maximum atomic E-state index is 12.0. The first-order chi connectivity index (χ1) is 12.0. The third-order valence-corrected chi connectivity index (χ3v) is 4.44. The summed E-state index contributed by atoms with van der Waals surface area (Å²) in [6, 6.07) is 3.46. The highest BCUT2D eigenvalue weighted by Crippen LogP contribution is 2.26. The molecule has 2 unspecified atom stereocenters. The van der Waals surface area contributed by atoms with Crippen molar-refractivity contribution in [3.05, 3.63) is 18.3 Å². The quantitative estimate of drug-likeness (QED) is 0.262. The van der Waals surface area contributed by atoms with E-state index >= 15 is 0 Å². The van der Waals surface area contributed by atoms with Crippen LogP contribution < -0.4 is 21.4 Å². The van der Waals surface area contributed by atoms with Gasteiger partial charge in [-0.25, -0.2) is 20.3 Å². The van der Waals surface area contributed by atoms with Gasteiger partial charge in [-0.05, 0) is 31.4 Å². The van der Waals surface area contributed by atoms with Crippen LogP contribution in [-0.4, -0.2) is 58.7 Å². The molecule has 5 N–H and O–H groups in total. The fourth-order valence-electron chi connectivity index (χ4n) is 3.07. The van der Waals surface area contributed by atoms with Crippen molar-refractivity contribution in [2.75, 3.05) is 23.8 Å². The Morgan fingerprint density at radius 2 is 2.20 bits per heavy atom. The van der Waals surface area contributed by atoms with Gasteiger partial charge in [-0.15, -0.1) is 0 Å². The third kappa shape index (κ3) is 3.63. The minimum atomic E-state index is -0.348. The van der Waals surface area contributed by atoms with Gasteiger partial charge in [0.2, 0.25) is 11.9 Å². The molecule has 2 atom stereocenters. The van der Waals surface area contributed by atoms with E-state index in [1.54, 1.807) is 18.3 Å². The Bertz CT molecular complexity index is 691. The lowest BCUT2D eigenvalue weighted by molar-refractivity contribution is -0.123. The molecule has 1 saturated carbocycles. The first kappa shape index (κ1) is 17.0. The molecule has 1 aliphatic heterocycles. The number of anilines is 2. The zero-order chi connectivity index (χ0) is 18.0. The summed E-state index contributed by atoms with van der Waals surface area (Å²) >= 11 is 0. The molecule has 1 aliphatic carbocycles. The number of guanidine groups is 1. The van der Waals surface area contributed by atoms with Gasteiger partial charge in [0.1, 0.15) is 12.4 Å². The molecule has 3 rings (SSSR count). The zero-order valence-corrected chi connectivity index (χ0v) is 13.8. The molecule has 10 heteroatoms. The average molecular weight is 347 g/mol. The number of hydrogen-bond donors (Lipinski definition) is 4. The maximum Gasteiger partial charge on any atom is 0.331 e. The number of carbonyl (C=O) groups is 2. The van der Waals surface area contributed by atoms with Crippen molar-refractivity contribution in [2.45, 2.75) is 31.3 Å². The molecule has 134 valence electrons. The van der Waals surface area contributed by atoms with Gasteiger partial charge in [0.05, 0.1) is 17.9 Å². The number of nitrogens with one attached hydrogen (secondary N) is 2. The molecule has 2 aliphatic rings. The molecule has 25 heavy (non-hydrogen) atoms. The van der Waals surface area contributed by atoms with Gasteiger partial charge >= 0.3 is 6.03 Å². The second-order valence-electron chi connectivity index (χ2n) is 6.16. The van der Waals surface area contributed by atoms with E-state index in [0.29, 0.717) is 11.5 Å². The summed E-state index contributed by atoms with van der Waals surface area (Å²) in [4.78, 5) is 34.5. The third-order valence-electron chi connectivity index (χ3n) is 4.44. The molecule has 3 amide bonds. The van der Waals surface area contributed by atoms with Gasteiger partial charge in [0, 0.05) is 13.1 Å². The van der Waals surface area contributed by atoms with E-state index < -0.39 is 0 Å². The molecule has 10 nitrogen and oxygen atoms in total.